The van der Waals surface area contributed by atoms with Crippen LogP contribution in [0.2, 0.25) is 0 Å². The minimum Gasteiger partial charge on any atom is -0.389 e. The molecule has 1 fully saturated rings. The number of hydrogen-bond acceptors (Lipinski definition) is 3. The third-order valence-electron chi connectivity index (χ3n) is 4.13. The molecule has 0 radical (unpaired) electrons. The SMILES string of the molecule is CCC1CN(C)CCCN1c1c(F)cccc1[C@H](C)O. The molecule has 2 atom stereocenters. The van der Waals surface area contributed by atoms with Gasteiger partial charge in [0.05, 0.1) is 11.8 Å². The maximum atomic E-state index is 14.4. The lowest BCUT2D eigenvalue weighted by molar-refractivity contribution is 0.199. The summed E-state index contributed by atoms with van der Waals surface area (Å²) in [4.78, 5) is 4.46. The minimum atomic E-state index is -0.654. The molecule has 1 aliphatic heterocycles. The van der Waals surface area contributed by atoms with E-state index in [0.717, 1.165) is 32.5 Å². The van der Waals surface area contributed by atoms with Crippen molar-refractivity contribution < 1.29 is 9.50 Å². The summed E-state index contributed by atoms with van der Waals surface area (Å²) >= 11 is 0. The van der Waals surface area contributed by atoms with Gasteiger partial charge in [-0.2, -0.15) is 0 Å². The Labute approximate surface area is 121 Å². The van der Waals surface area contributed by atoms with E-state index in [4.69, 9.17) is 0 Å². The third-order valence-corrected chi connectivity index (χ3v) is 4.13. The van der Waals surface area contributed by atoms with Crippen LogP contribution in [0.5, 0.6) is 0 Å². The van der Waals surface area contributed by atoms with Crippen LogP contribution in [0.15, 0.2) is 18.2 Å². The summed E-state index contributed by atoms with van der Waals surface area (Å²) in [6, 6.07) is 5.27. The maximum absolute atomic E-state index is 14.4. The highest BCUT2D eigenvalue weighted by atomic mass is 19.1. The lowest BCUT2D eigenvalue weighted by Crippen LogP contribution is -2.40. The Morgan fingerprint density at radius 1 is 1.40 bits per heavy atom. The van der Waals surface area contributed by atoms with E-state index in [1.54, 1.807) is 13.0 Å². The van der Waals surface area contributed by atoms with Gasteiger partial charge in [-0.25, -0.2) is 4.39 Å². The van der Waals surface area contributed by atoms with Crippen LogP contribution in [-0.2, 0) is 0 Å². The molecule has 1 N–H and O–H groups in total. The molecule has 1 aromatic rings. The first-order valence-electron chi connectivity index (χ1n) is 7.46. The monoisotopic (exact) mass is 280 g/mol. The predicted molar refractivity (Wildman–Crippen MR) is 80.6 cm³/mol. The number of halogens is 1. The van der Waals surface area contributed by atoms with Crippen LogP contribution in [-0.4, -0.2) is 42.7 Å². The third kappa shape index (κ3) is 3.13. The van der Waals surface area contributed by atoms with Gasteiger partial charge in [0, 0.05) is 24.7 Å². The van der Waals surface area contributed by atoms with Crippen molar-refractivity contribution >= 4 is 5.69 Å². The van der Waals surface area contributed by atoms with Crippen LogP contribution in [0, 0.1) is 5.82 Å². The fourth-order valence-corrected chi connectivity index (χ4v) is 3.06. The second-order valence-electron chi connectivity index (χ2n) is 5.72. The highest BCUT2D eigenvalue weighted by molar-refractivity contribution is 5.56. The molecule has 0 aliphatic carbocycles. The Morgan fingerprint density at radius 3 is 2.80 bits per heavy atom. The number of aliphatic hydroxyl groups excluding tert-OH is 1. The fourth-order valence-electron chi connectivity index (χ4n) is 3.06. The summed E-state index contributed by atoms with van der Waals surface area (Å²) in [7, 11) is 2.11. The zero-order chi connectivity index (χ0) is 14.7. The summed E-state index contributed by atoms with van der Waals surface area (Å²) < 4.78 is 14.4. The zero-order valence-corrected chi connectivity index (χ0v) is 12.6. The number of benzene rings is 1. The topological polar surface area (TPSA) is 26.7 Å². The number of hydrogen-bond donors (Lipinski definition) is 1. The number of nitrogens with zero attached hydrogens (tertiary/aromatic N) is 2. The van der Waals surface area contributed by atoms with Crippen molar-refractivity contribution in [3.63, 3.8) is 0 Å². The Bertz CT molecular complexity index is 450. The largest absolute Gasteiger partial charge is 0.389 e. The van der Waals surface area contributed by atoms with Crippen molar-refractivity contribution in [3.8, 4) is 0 Å². The first kappa shape index (κ1) is 15.3. The number of anilines is 1. The average Bonchev–Trinajstić information content (AvgIpc) is 2.59. The normalized spacial score (nSPS) is 22.6. The van der Waals surface area contributed by atoms with Gasteiger partial charge in [0.2, 0.25) is 0 Å². The molecule has 0 saturated carbocycles. The second-order valence-corrected chi connectivity index (χ2v) is 5.72. The van der Waals surface area contributed by atoms with Crippen molar-refractivity contribution in [2.45, 2.75) is 38.8 Å². The molecule has 2 rings (SSSR count). The lowest BCUT2D eigenvalue weighted by Gasteiger charge is -2.34. The van der Waals surface area contributed by atoms with E-state index in [-0.39, 0.29) is 11.9 Å². The molecule has 1 saturated heterocycles. The molecule has 4 heteroatoms. The summed E-state index contributed by atoms with van der Waals surface area (Å²) in [6.07, 6.45) is 1.33. The number of aliphatic hydroxyl groups is 1. The quantitative estimate of drug-likeness (QED) is 0.922. The van der Waals surface area contributed by atoms with Gasteiger partial charge >= 0.3 is 0 Å². The van der Waals surface area contributed by atoms with Crippen LogP contribution in [0.4, 0.5) is 10.1 Å². The second kappa shape index (κ2) is 6.55. The average molecular weight is 280 g/mol. The standard InChI is InChI=1S/C16H25FN2O/c1-4-13-11-18(3)9-6-10-19(13)16-14(12(2)20)7-5-8-15(16)17/h5,7-8,12-13,20H,4,6,9-11H2,1-3H3/t12-,13?/m0/s1. The Balaban J connectivity index is 2.42. The zero-order valence-electron chi connectivity index (χ0n) is 12.6. The van der Waals surface area contributed by atoms with Crippen molar-refractivity contribution in [2.75, 3.05) is 31.6 Å². The van der Waals surface area contributed by atoms with Crippen molar-refractivity contribution in [1.29, 1.82) is 0 Å². The number of para-hydroxylation sites is 1. The first-order valence-corrected chi connectivity index (χ1v) is 7.46. The van der Waals surface area contributed by atoms with Gasteiger partial charge in [0.1, 0.15) is 5.82 Å². The molecule has 0 amide bonds. The van der Waals surface area contributed by atoms with Crippen LogP contribution in [0.1, 0.15) is 38.4 Å². The van der Waals surface area contributed by atoms with E-state index < -0.39 is 6.10 Å². The van der Waals surface area contributed by atoms with Crippen LogP contribution in [0.25, 0.3) is 0 Å². The number of rotatable bonds is 3. The van der Waals surface area contributed by atoms with Gasteiger partial charge in [-0.05, 0) is 39.4 Å². The predicted octanol–water partition coefficient (Wildman–Crippen LogP) is 2.80. The number of likely N-dealkylation sites (N-methyl/N-ethyl adjacent to an activating group) is 1. The fraction of sp³-hybridized carbons (Fsp3) is 0.625. The summed E-state index contributed by atoms with van der Waals surface area (Å²) in [5.41, 5.74) is 1.28. The highest BCUT2D eigenvalue weighted by Gasteiger charge is 2.27. The molecule has 1 heterocycles. The van der Waals surface area contributed by atoms with E-state index in [9.17, 15) is 9.50 Å². The summed E-state index contributed by atoms with van der Waals surface area (Å²) in [6.45, 7) is 6.64. The van der Waals surface area contributed by atoms with Gasteiger partial charge in [0.15, 0.2) is 0 Å². The van der Waals surface area contributed by atoms with Gasteiger partial charge < -0.3 is 14.9 Å². The molecule has 0 spiro atoms. The molecule has 0 aromatic heterocycles. The molecule has 3 nitrogen and oxygen atoms in total. The van der Waals surface area contributed by atoms with Crippen LogP contribution in [0.3, 0.4) is 0 Å². The van der Waals surface area contributed by atoms with Crippen molar-refractivity contribution in [1.82, 2.24) is 4.90 Å². The molecule has 1 aromatic carbocycles. The van der Waals surface area contributed by atoms with Crippen molar-refractivity contribution in [3.05, 3.63) is 29.6 Å². The summed E-state index contributed by atoms with van der Waals surface area (Å²) in [5.74, 6) is -0.230. The van der Waals surface area contributed by atoms with E-state index in [1.807, 2.05) is 6.07 Å². The van der Waals surface area contributed by atoms with Crippen LogP contribution < -0.4 is 4.90 Å². The molecule has 0 bridgehead atoms. The van der Waals surface area contributed by atoms with Gasteiger partial charge in [-0.3, -0.25) is 0 Å². The highest BCUT2D eigenvalue weighted by Crippen LogP contribution is 2.32. The Hall–Kier alpha value is -1.13. The lowest BCUT2D eigenvalue weighted by atomic mass is 10.0. The molecular formula is C16H25FN2O. The smallest absolute Gasteiger partial charge is 0.146 e. The molecule has 20 heavy (non-hydrogen) atoms. The Morgan fingerprint density at radius 2 is 2.15 bits per heavy atom. The summed E-state index contributed by atoms with van der Waals surface area (Å²) in [5, 5.41) is 9.94. The molecule has 1 unspecified atom stereocenters. The van der Waals surface area contributed by atoms with E-state index in [2.05, 4.69) is 23.8 Å². The molecule has 112 valence electrons. The van der Waals surface area contributed by atoms with Crippen LogP contribution >= 0.6 is 0 Å². The van der Waals surface area contributed by atoms with Gasteiger partial charge in [-0.1, -0.05) is 19.1 Å². The first-order chi connectivity index (χ1) is 9.54. The van der Waals surface area contributed by atoms with E-state index in [0.29, 0.717) is 11.3 Å². The van der Waals surface area contributed by atoms with E-state index in [1.165, 1.54) is 6.07 Å². The van der Waals surface area contributed by atoms with Gasteiger partial charge in [-0.15, -0.1) is 0 Å². The van der Waals surface area contributed by atoms with Gasteiger partial charge in [0.25, 0.3) is 0 Å². The molecule has 1 aliphatic rings. The Kier molecular flexibility index (Phi) is 5.00. The van der Waals surface area contributed by atoms with Crippen molar-refractivity contribution in [2.24, 2.45) is 0 Å². The molecular weight excluding hydrogens is 255 g/mol. The minimum absolute atomic E-state index is 0.230. The maximum Gasteiger partial charge on any atom is 0.146 e. The van der Waals surface area contributed by atoms with E-state index >= 15 is 0 Å².